The van der Waals surface area contributed by atoms with Crippen LogP contribution in [0.5, 0.6) is 5.88 Å². The van der Waals surface area contributed by atoms with E-state index in [1.165, 1.54) is 19.3 Å². The second-order valence-corrected chi connectivity index (χ2v) is 5.29. The van der Waals surface area contributed by atoms with Crippen molar-refractivity contribution in [1.82, 2.24) is 10.3 Å². The molecule has 0 saturated heterocycles. The molecule has 1 aromatic rings. The summed E-state index contributed by atoms with van der Waals surface area (Å²) in [5.41, 5.74) is 6.88. The van der Waals surface area contributed by atoms with Crippen molar-refractivity contribution in [3.63, 3.8) is 0 Å². The van der Waals surface area contributed by atoms with Crippen LogP contribution in [0.4, 0.5) is 0 Å². The van der Waals surface area contributed by atoms with Crippen LogP contribution < -0.4 is 15.8 Å². The molecule has 2 aliphatic carbocycles. The van der Waals surface area contributed by atoms with Crippen LogP contribution in [-0.2, 0) is 6.54 Å². The molecule has 0 aliphatic heterocycles. The lowest BCUT2D eigenvalue weighted by molar-refractivity contribution is 0.114. The second kappa shape index (κ2) is 5.47. The molecule has 19 heavy (non-hydrogen) atoms. The minimum atomic E-state index is 0.354. The smallest absolute Gasteiger partial charge is 0.213 e. The number of pyridine rings is 1. The molecule has 2 saturated carbocycles. The number of aliphatic imine (C=N–C) groups is 1. The Labute approximate surface area is 113 Å². The van der Waals surface area contributed by atoms with Gasteiger partial charge in [-0.25, -0.2) is 9.98 Å². The number of aromatic nitrogens is 1. The lowest BCUT2D eigenvalue weighted by atomic mass is 9.96. The van der Waals surface area contributed by atoms with Gasteiger partial charge in [-0.1, -0.05) is 0 Å². The molecule has 3 N–H and O–H groups in total. The first-order valence-electron chi connectivity index (χ1n) is 6.97. The average Bonchev–Trinajstić information content (AvgIpc) is 3.16. The summed E-state index contributed by atoms with van der Waals surface area (Å²) in [5.74, 6) is 1.23. The first-order chi connectivity index (χ1) is 9.29. The number of ether oxygens (including phenoxy) is 1. The van der Waals surface area contributed by atoms with Gasteiger partial charge in [-0.05, 0) is 43.7 Å². The molecule has 5 heteroatoms. The Balaban J connectivity index is 1.55. The van der Waals surface area contributed by atoms with Gasteiger partial charge in [0.2, 0.25) is 5.88 Å². The molecule has 0 bridgehead atoms. The van der Waals surface area contributed by atoms with Gasteiger partial charge < -0.3 is 15.8 Å². The van der Waals surface area contributed by atoms with Crippen LogP contribution in [0, 0.1) is 0 Å². The van der Waals surface area contributed by atoms with E-state index in [2.05, 4.69) is 15.3 Å². The highest BCUT2D eigenvalue weighted by Crippen LogP contribution is 2.24. The highest BCUT2D eigenvalue weighted by molar-refractivity contribution is 5.78. The zero-order valence-corrected chi connectivity index (χ0v) is 11.0. The van der Waals surface area contributed by atoms with Crippen molar-refractivity contribution in [2.45, 2.75) is 50.8 Å². The zero-order chi connectivity index (χ0) is 13.1. The van der Waals surface area contributed by atoms with Gasteiger partial charge >= 0.3 is 0 Å². The third-order valence-electron chi connectivity index (χ3n) is 3.50. The van der Waals surface area contributed by atoms with Gasteiger partial charge in [0.1, 0.15) is 6.10 Å². The van der Waals surface area contributed by atoms with E-state index in [-0.39, 0.29) is 0 Å². The topological polar surface area (TPSA) is 72.5 Å². The SMILES string of the molecule is NC(=NCc1ccnc(OC2CCC2)c1)NC1CC1. The van der Waals surface area contributed by atoms with Crippen molar-refractivity contribution >= 4 is 5.96 Å². The van der Waals surface area contributed by atoms with Crippen LogP contribution in [0.2, 0.25) is 0 Å². The summed E-state index contributed by atoms with van der Waals surface area (Å²) < 4.78 is 5.77. The van der Waals surface area contributed by atoms with Crippen LogP contribution in [0.1, 0.15) is 37.7 Å². The summed E-state index contributed by atoms with van der Waals surface area (Å²) in [6.45, 7) is 0.565. The van der Waals surface area contributed by atoms with E-state index in [1.807, 2.05) is 12.1 Å². The summed E-state index contributed by atoms with van der Waals surface area (Å²) in [6.07, 6.45) is 8.06. The van der Waals surface area contributed by atoms with Crippen LogP contribution in [-0.4, -0.2) is 23.1 Å². The predicted octanol–water partition coefficient (Wildman–Crippen LogP) is 1.58. The molecule has 3 rings (SSSR count). The Bertz CT molecular complexity index is 466. The van der Waals surface area contributed by atoms with E-state index in [9.17, 15) is 0 Å². The maximum absolute atomic E-state index is 5.80. The molecule has 0 spiro atoms. The molecule has 1 heterocycles. The van der Waals surface area contributed by atoms with E-state index in [0.29, 0.717) is 30.5 Å². The average molecular weight is 260 g/mol. The molecule has 1 aromatic heterocycles. The number of nitrogens with one attached hydrogen (secondary N) is 1. The largest absolute Gasteiger partial charge is 0.474 e. The summed E-state index contributed by atoms with van der Waals surface area (Å²) >= 11 is 0. The quantitative estimate of drug-likeness (QED) is 0.623. The van der Waals surface area contributed by atoms with Crippen molar-refractivity contribution in [3.05, 3.63) is 23.9 Å². The highest BCUT2D eigenvalue weighted by Gasteiger charge is 2.21. The Morgan fingerprint density at radius 3 is 2.95 bits per heavy atom. The van der Waals surface area contributed by atoms with E-state index in [4.69, 9.17) is 10.5 Å². The molecule has 5 nitrogen and oxygen atoms in total. The molecule has 0 unspecified atom stereocenters. The molecular weight excluding hydrogens is 240 g/mol. The molecule has 102 valence electrons. The normalized spacial score (nSPS) is 19.9. The summed E-state index contributed by atoms with van der Waals surface area (Å²) in [7, 11) is 0. The fraction of sp³-hybridized carbons (Fsp3) is 0.571. The summed E-state index contributed by atoms with van der Waals surface area (Å²) in [5, 5.41) is 3.17. The Morgan fingerprint density at radius 1 is 1.42 bits per heavy atom. The predicted molar refractivity (Wildman–Crippen MR) is 74.0 cm³/mol. The lowest BCUT2D eigenvalue weighted by Gasteiger charge is -2.25. The van der Waals surface area contributed by atoms with Crippen LogP contribution >= 0.6 is 0 Å². The van der Waals surface area contributed by atoms with Gasteiger partial charge in [-0.15, -0.1) is 0 Å². The third kappa shape index (κ3) is 3.59. The fourth-order valence-corrected chi connectivity index (χ4v) is 1.93. The van der Waals surface area contributed by atoms with Crippen LogP contribution in [0.25, 0.3) is 0 Å². The second-order valence-electron chi connectivity index (χ2n) is 5.29. The van der Waals surface area contributed by atoms with Crippen molar-refractivity contribution in [2.75, 3.05) is 0 Å². The standard InChI is InChI=1S/C14H20N4O/c15-14(18-11-4-5-11)17-9-10-6-7-16-13(8-10)19-12-2-1-3-12/h6-8,11-12H,1-5,9H2,(H3,15,17,18). The number of guanidine groups is 1. The van der Waals surface area contributed by atoms with E-state index in [1.54, 1.807) is 6.20 Å². The van der Waals surface area contributed by atoms with E-state index >= 15 is 0 Å². The van der Waals surface area contributed by atoms with Crippen molar-refractivity contribution in [1.29, 1.82) is 0 Å². The lowest BCUT2D eigenvalue weighted by Crippen LogP contribution is -2.33. The first-order valence-corrected chi connectivity index (χ1v) is 6.97. The number of nitrogens with zero attached hydrogens (tertiary/aromatic N) is 2. The van der Waals surface area contributed by atoms with E-state index in [0.717, 1.165) is 18.4 Å². The van der Waals surface area contributed by atoms with Gasteiger partial charge in [0.25, 0.3) is 0 Å². The number of hydrogen-bond acceptors (Lipinski definition) is 3. The van der Waals surface area contributed by atoms with Crippen LogP contribution in [0.3, 0.4) is 0 Å². The Morgan fingerprint density at radius 2 is 2.26 bits per heavy atom. The van der Waals surface area contributed by atoms with Gasteiger partial charge in [0.05, 0.1) is 6.54 Å². The molecule has 0 atom stereocenters. The van der Waals surface area contributed by atoms with Gasteiger partial charge in [0, 0.05) is 18.3 Å². The van der Waals surface area contributed by atoms with Crippen LogP contribution in [0.15, 0.2) is 23.3 Å². The fourth-order valence-electron chi connectivity index (χ4n) is 1.93. The molecule has 0 radical (unpaired) electrons. The maximum atomic E-state index is 5.80. The van der Waals surface area contributed by atoms with Gasteiger partial charge in [0.15, 0.2) is 5.96 Å². The minimum Gasteiger partial charge on any atom is -0.474 e. The van der Waals surface area contributed by atoms with E-state index < -0.39 is 0 Å². The Hall–Kier alpha value is -1.78. The minimum absolute atomic E-state index is 0.354. The molecular formula is C14H20N4O. The summed E-state index contributed by atoms with van der Waals surface area (Å²) in [4.78, 5) is 8.56. The highest BCUT2D eigenvalue weighted by atomic mass is 16.5. The third-order valence-corrected chi connectivity index (χ3v) is 3.50. The monoisotopic (exact) mass is 260 g/mol. The zero-order valence-electron chi connectivity index (χ0n) is 11.0. The molecule has 0 aromatic carbocycles. The molecule has 2 fully saturated rings. The molecule has 0 amide bonds. The number of rotatable bonds is 5. The summed E-state index contributed by atoms with van der Waals surface area (Å²) in [6, 6.07) is 4.44. The van der Waals surface area contributed by atoms with Crippen molar-refractivity contribution in [2.24, 2.45) is 10.7 Å². The first kappa shape index (κ1) is 12.3. The molecule has 2 aliphatic rings. The van der Waals surface area contributed by atoms with Crippen molar-refractivity contribution in [3.8, 4) is 5.88 Å². The van der Waals surface area contributed by atoms with Gasteiger partial charge in [-0.2, -0.15) is 0 Å². The van der Waals surface area contributed by atoms with Crippen molar-refractivity contribution < 1.29 is 4.74 Å². The van der Waals surface area contributed by atoms with Gasteiger partial charge in [-0.3, -0.25) is 0 Å². The number of nitrogens with two attached hydrogens (primary N) is 1. The Kier molecular flexibility index (Phi) is 3.53. The maximum Gasteiger partial charge on any atom is 0.213 e. The number of hydrogen-bond donors (Lipinski definition) is 2.